The van der Waals surface area contributed by atoms with Crippen LogP contribution in [0.3, 0.4) is 0 Å². The number of urea groups is 1. The number of rotatable bonds is 5. The van der Waals surface area contributed by atoms with Crippen LogP contribution in [0.5, 0.6) is 0 Å². The first-order chi connectivity index (χ1) is 15.3. The van der Waals surface area contributed by atoms with E-state index in [0.29, 0.717) is 34.3 Å². The highest BCUT2D eigenvalue weighted by molar-refractivity contribution is 8.00. The lowest BCUT2D eigenvalue weighted by Gasteiger charge is -2.56. The highest BCUT2D eigenvalue weighted by atomic mass is 32.2. The molecule has 0 spiro atoms. The van der Waals surface area contributed by atoms with Crippen LogP contribution < -0.4 is 10.6 Å². The van der Waals surface area contributed by atoms with Gasteiger partial charge in [-0.25, -0.2) is 9.18 Å². The Morgan fingerprint density at radius 1 is 1.12 bits per heavy atom. The molecule has 1 unspecified atom stereocenters. The van der Waals surface area contributed by atoms with Gasteiger partial charge in [-0.15, -0.1) is 10.2 Å². The van der Waals surface area contributed by atoms with E-state index in [2.05, 4.69) is 20.8 Å². The van der Waals surface area contributed by atoms with Crippen LogP contribution in [0.2, 0.25) is 0 Å². The molecule has 7 nitrogen and oxygen atoms in total. The summed E-state index contributed by atoms with van der Waals surface area (Å²) in [6.45, 7) is 1.72. The Kier molecular flexibility index (Phi) is 5.47. The van der Waals surface area contributed by atoms with E-state index in [4.69, 9.17) is 0 Å². The molecule has 0 saturated heterocycles. The first kappa shape index (κ1) is 21.4. The molecule has 3 amide bonds. The van der Waals surface area contributed by atoms with Gasteiger partial charge in [0.25, 0.3) is 0 Å². The summed E-state index contributed by atoms with van der Waals surface area (Å²) < 4.78 is 15.8. The fourth-order valence-electron chi connectivity index (χ4n) is 6.26. The number of hydrogen-bond acceptors (Lipinski definition) is 5. The molecule has 4 saturated carbocycles. The van der Waals surface area contributed by atoms with E-state index in [1.807, 2.05) is 0 Å². The molecule has 1 atom stereocenters. The molecule has 4 fully saturated rings. The van der Waals surface area contributed by atoms with Gasteiger partial charge < -0.3 is 9.88 Å². The minimum Gasteiger partial charge on any atom is -0.332 e. The second-order valence-electron chi connectivity index (χ2n) is 9.75. The zero-order chi connectivity index (χ0) is 22.5. The standard InChI is InChI=1S/C23H28FN5O2S/c1-13(32-22-28-27-19(29(22)2)17-5-3-4-6-18(17)24)20(30)25-21(31)26-23-10-14-7-15(11-23)9-16(8-14)12-23/h3-6,13-16H,7-12H2,1-2H3,(H2,25,26,30,31). The highest BCUT2D eigenvalue weighted by Crippen LogP contribution is 2.55. The van der Waals surface area contributed by atoms with E-state index in [1.54, 1.807) is 36.7 Å². The second kappa shape index (κ2) is 8.17. The van der Waals surface area contributed by atoms with E-state index in [-0.39, 0.29) is 17.3 Å². The van der Waals surface area contributed by atoms with Crippen molar-refractivity contribution in [3.05, 3.63) is 30.1 Å². The van der Waals surface area contributed by atoms with E-state index in [1.165, 1.54) is 37.1 Å². The smallest absolute Gasteiger partial charge is 0.321 e. The lowest BCUT2D eigenvalue weighted by atomic mass is 9.53. The Balaban J connectivity index is 1.20. The Hall–Kier alpha value is -2.42. The quantitative estimate of drug-likeness (QED) is 0.665. The Bertz CT molecular complexity index is 1020. The molecule has 4 bridgehead atoms. The van der Waals surface area contributed by atoms with Crippen LogP contribution in [0.4, 0.5) is 9.18 Å². The number of nitrogens with zero attached hydrogens (tertiary/aromatic N) is 3. The number of aromatic nitrogens is 3. The maximum Gasteiger partial charge on any atom is 0.321 e. The SMILES string of the molecule is CC(Sc1nnc(-c2ccccc2F)n1C)C(=O)NC(=O)NC12CC3CC(CC(C3)C1)C2. The predicted molar refractivity (Wildman–Crippen MR) is 119 cm³/mol. The van der Waals surface area contributed by atoms with Gasteiger partial charge >= 0.3 is 6.03 Å². The fraction of sp³-hybridized carbons (Fsp3) is 0.565. The van der Waals surface area contributed by atoms with Crippen molar-refractivity contribution in [2.75, 3.05) is 0 Å². The van der Waals surface area contributed by atoms with Crippen molar-refractivity contribution in [2.24, 2.45) is 24.8 Å². The number of carbonyl (C=O) groups excluding carboxylic acids is 2. The van der Waals surface area contributed by atoms with Crippen LogP contribution in [-0.4, -0.2) is 37.5 Å². The number of benzene rings is 1. The molecule has 0 radical (unpaired) electrons. The lowest BCUT2D eigenvalue weighted by molar-refractivity contribution is -0.119. The molecule has 1 heterocycles. The molecule has 1 aromatic carbocycles. The fourth-order valence-corrected chi connectivity index (χ4v) is 7.07. The summed E-state index contributed by atoms with van der Waals surface area (Å²) in [6.07, 6.45) is 6.97. The van der Waals surface area contributed by atoms with E-state index < -0.39 is 11.3 Å². The average molecular weight is 458 g/mol. The van der Waals surface area contributed by atoms with Gasteiger partial charge in [0, 0.05) is 12.6 Å². The Morgan fingerprint density at radius 2 is 1.75 bits per heavy atom. The van der Waals surface area contributed by atoms with Crippen molar-refractivity contribution >= 4 is 23.7 Å². The van der Waals surface area contributed by atoms with E-state index in [9.17, 15) is 14.0 Å². The minimum absolute atomic E-state index is 0.145. The van der Waals surface area contributed by atoms with Crippen molar-refractivity contribution in [1.29, 1.82) is 0 Å². The van der Waals surface area contributed by atoms with Gasteiger partial charge in [0.15, 0.2) is 11.0 Å². The number of thioether (sulfide) groups is 1. The van der Waals surface area contributed by atoms with Gasteiger partial charge in [0.1, 0.15) is 5.82 Å². The number of hydrogen-bond donors (Lipinski definition) is 2. The summed E-state index contributed by atoms with van der Waals surface area (Å²) in [5, 5.41) is 13.8. The van der Waals surface area contributed by atoms with Gasteiger partial charge in [-0.3, -0.25) is 10.1 Å². The zero-order valence-corrected chi connectivity index (χ0v) is 19.1. The van der Waals surface area contributed by atoms with Gasteiger partial charge in [-0.05, 0) is 75.3 Å². The maximum absolute atomic E-state index is 14.1. The Morgan fingerprint density at radius 3 is 2.38 bits per heavy atom. The highest BCUT2D eigenvalue weighted by Gasteiger charge is 2.51. The maximum atomic E-state index is 14.1. The van der Waals surface area contributed by atoms with Crippen LogP contribution in [0.25, 0.3) is 11.4 Å². The summed E-state index contributed by atoms with van der Waals surface area (Å²) in [5.74, 6) is 1.76. The predicted octanol–water partition coefficient (Wildman–Crippen LogP) is 3.90. The molecule has 6 rings (SSSR count). The van der Waals surface area contributed by atoms with Crippen molar-refractivity contribution < 1.29 is 14.0 Å². The molecule has 32 heavy (non-hydrogen) atoms. The molecule has 170 valence electrons. The molecule has 4 aliphatic carbocycles. The number of amides is 3. The van der Waals surface area contributed by atoms with Crippen molar-refractivity contribution in [3.63, 3.8) is 0 Å². The lowest BCUT2D eigenvalue weighted by Crippen LogP contribution is -2.62. The van der Waals surface area contributed by atoms with E-state index in [0.717, 1.165) is 19.3 Å². The molecule has 4 aliphatic rings. The average Bonchev–Trinajstić information content (AvgIpc) is 3.06. The van der Waals surface area contributed by atoms with Gasteiger partial charge in [0.2, 0.25) is 5.91 Å². The summed E-state index contributed by atoms with van der Waals surface area (Å²) in [4.78, 5) is 25.3. The topological polar surface area (TPSA) is 88.9 Å². The number of carbonyl (C=O) groups is 2. The van der Waals surface area contributed by atoms with Crippen molar-refractivity contribution in [3.8, 4) is 11.4 Å². The monoisotopic (exact) mass is 457 g/mol. The minimum atomic E-state index is -0.562. The van der Waals surface area contributed by atoms with Crippen LogP contribution >= 0.6 is 11.8 Å². The van der Waals surface area contributed by atoms with Crippen LogP contribution in [0.15, 0.2) is 29.4 Å². The second-order valence-corrected chi connectivity index (χ2v) is 11.1. The molecule has 1 aromatic heterocycles. The number of halogens is 1. The third kappa shape index (κ3) is 4.02. The molecule has 2 aromatic rings. The molecule has 2 N–H and O–H groups in total. The number of imide groups is 1. The molecular formula is C23H28FN5O2S. The summed E-state index contributed by atoms with van der Waals surface area (Å²) >= 11 is 1.19. The summed E-state index contributed by atoms with van der Waals surface area (Å²) in [6, 6.07) is 5.95. The summed E-state index contributed by atoms with van der Waals surface area (Å²) in [5.41, 5.74) is 0.203. The third-order valence-corrected chi connectivity index (χ3v) is 8.39. The number of nitrogens with one attached hydrogen (secondary N) is 2. The normalized spacial score (nSPS) is 29.0. The Labute approximate surface area is 190 Å². The van der Waals surface area contributed by atoms with Crippen LogP contribution in [0, 0.1) is 23.6 Å². The van der Waals surface area contributed by atoms with Crippen LogP contribution in [-0.2, 0) is 11.8 Å². The summed E-state index contributed by atoms with van der Waals surface area (Å²) in [7, 11) is 1.73. The molecule has 9 heteroatoms. The molecule has 0 aliphatic heterocycles. The van der Waals surface area contributed by atoms with Crippen LogP contribution in [0.1, 0.15) is 45.4 Å². The zero-order valence-electron chi connectivity index (χ0n) is 18.3. The van der Waals surface area contributed by atoms with Crippen molar-refractivity contribution in [2.45, 2.75) is 61.4 Å². The first-order valence-corrected chi connectivity index (χ1v) is 12.1. The first-order valence-electron chi connectivity index (χ1n) is 11.3. The molecular weight excluding hydrogens is 429 g/mol. The van der Waals surface area contributed by atoms with Crippen molar-refractivity contribution in [1.82, 2.24) is 25.4 Å². The van der Waals surface area contributed by atoms with Gasteiger partial charge in [0.05, 0.1) is 10.8 Å². The third-order valence-electron chi connectivity index (χ3n) is 7.25. The van der Waals surface area contributed by atoms with E-state index >= 15 is 0 Å². The van der Waals surface area contributed by atoms with Gasteiger partial charge in [-0.2, -0.15) is 0 Å². The largest absolute Gasteiger partial charge is 0.332 e. The van der Waals surface area contributed by atoms with Gasteiger partial charge in [-0.1, -0.05) is 23.9 Å².